The molecular weight excluding hydrogens is 709 g/mol. The molecule has 1 fully saturated rings. The van der Waals surface area contributed by atoms with Crippen LogP contribution in [0, 0.1) is 5.82 Å². The maximum absolute atomic E-state index is 14.6. The molecule has 1 saturated heterocycles. The van der Waals surface area contributed by atoms with Crippen molar-refractivity contribution in [1.82, 2.24) is 25.6 Å². The fourth-order valence-electron chi connectivity index (χ4n) is 5.51. The fraction of sp³-hybridized carbons (Fsp3) is 0.455. The summed E-state index contributed by atoms with van der Waals surface area (Å²) in [5.74, 6) is -2.60. The van der Waals surface area contributed by atoms with E-state index in [1.165, 1.54) is 18.2 Å². The molecule has 1 aliphatic rings. The Hall–Kier alpha value is -3.82. The highest BCUT2D eigenvalue weighted by molar-refractivity contribution is 9.10. The molecule has 4 rings (SSSR count). The quantitative estimate of drug-likeness (QED) is 0.173. The minimum absolute atomic E-state index is 0.0469. The lowest BCUT2D eigenvalue weighted by Crippen LogP contribution is -2.57. The van der Waals surface area contributed by atoms with Gasteiger partial charge in [-0.15, -0.1) is 0 Å². The number of nitrogens with one attached hydrogen (secondary N) is 4. The van der Waals surface area contributed by atoms with Crippen molar-refractivity contribution in [2.45, 2.75) is 70.0 Å². The summed E-state index contributed by atoms with van der Waals surface area (Å²) >= 11 is 3.36. The van der Waals surface area contributed by atoms with Gasteiger partial charge in [0.25, 0.3) is 5.91 Å². The molecule has 0 saturated carbocycles. The van der Waals surface area contributed by atoms with E-state index in [2.05, 4.69) is 36.6 Å². The standard InChI is InChI=1S/C33H41BrFN5O7S/c1-21(33(44)40-16-8-3-9-17-40)37-31(42)27(18-22-10-4-5-11-25(22)35)38-30(41)26(39-48(2,45)46)12-6-7-15-36-32(43)29-19-23-13-14-24(34)20-28(23)47-29/h4-5,10-11,13-14,19-21,26-27,39H,3,6-9,12,15-18H2,1-2H3,(H,36,43)(H,37,42)(H,38,41)/t21-,26-,27-/m0/s1. The van der Waals surface area contributed by atoms with Gasteiger partial charge in [-0.25, -0.2) is 17.5 Å². The number of rotatable bonds is 15. The molecule has 48 heavy (non-hydrogen) atoms. The lowest BCUT2D eigenvalue weighted by Gasteiger charge is -2.30. The third kappa shape index (κ3) is 10.9. The molecule has 3 atom stereocenters. The first-order valence-corrected chi connectivity index (χ1v) is 18.6. The number of halogens is 2. The van der Waals surface area contributed by atoms with Crippen LogP contribution >= 0.6 is 15.9 Å². The Balaban J connectivity index is 1.38. The van der Waals surface area contributed by atoms with E-state index in [-0.39, 0.29) is 36.6 Å². The number of carbonyl (C=O) groups is 4. The van der Waals surface area contributed by atoms with Crippen LogP contribution in [0.4, 0.5) is 4.39 Å². The first kappa shape index (κ1) is 37.0. The maximum Gasteiger partial charge on any atom is 0.287 e. The Kier molecular flexibility index (Phi) is 13.1. The number of benzene rings is 2. The van der Waals surface area contributed by atoms with Crippen molar-refractivity contribution in [1.29, 1.82) is 0 Å². The second-order valence-corrected chi connectivity index (χ2v) is 14.7. The molecular formula is C33H41BrFN5O7S. The van der Waals surface area contributed by atoms with Crippen molar-refractivity contribution >= 4 is 60.6 Å². The van der Waals surface area contributed by atoms with Crippen LogP contribution in [0.1, 0.15) is 61.6 Å². The minimum atomic E-state index is -3.85. The molecule has 0 unspecified atom stereocenters. The molecule has 260 valence electrons. The molecule has 0 bridgehead atoms. The number of amides is 4. The van der Waals surface area contributed by atoms with Crippen LogP contribution in [0.25, 0.3) is 11.0 Å². The Morgan fingerprint density at radius 2 is 1.67 bits per heavy atom. The van der Waals surface area contributed by atoms with Gasteiger partial charge >= 0.3 is 0 Å². The van der Waals surface area contributed by atoms with Crippen molar-refractivity contribution in [3.63, 3.8) is 0 Å². The van der Waals surface area contributed by atoms with Crippen molar-refractivity contribution < 1.29 is 36.4 Å². The lowest BCUT2D eigenvalue weighted by molar-refractivity contribution is -0.137. The van der Waals surface area contributed by atoms with Crippen molar-refractivity contribution in [2.24, 2.45) is 0 Å². The smallest absolute Gasteiger partial charge is 0.287 e. The van der Waals surface area contributed by atoms with Gasteiger partial charge in [-0.1, -0.05) is 34.1 Å². The number of carbonyl (C=O) groups excluding carboxylic acids is 4. The van der Waals surface area contributed by atoms with Gasteiger partial charge < -0.3 is 25.3 Å². The molecule has 1 aromatic heterocycles. The zero-order chi connectivity index (χ0) is 34.8. The molecule has 3 aromatic rings. The van der Waals surface area contributed by atoms with Gasteiger partial charge in [0.05, 0.1) is 6.26 Å². The zero-order valence-corrected chi connectivity index (χ0v) is 29.3. The number of hydrogen-bond donors (Lipinski definition) is 4. The van der Waals surface area contributed by atoms with E-state index in [1.807, 2.05) is 12.1 Å². The summed E-state index contributed by atoms with van der Waals surface area (Å²) in [6.07, 6.45) is 4.24. The number of unbranched alkanes of at least 4 members (excludes halogenated alkanes) is 1. The summed E-state index contributed by atoms with van der Waals surface area (Å²) in [4.78, 5) is 54.2. The van der Waals surface area contributed by atoms with Crippen LogP contribution in [0.15, 0.2) is 57.4 Å². The number of piperidine rings is 1. The van der Waals surface area contributed by atoms with Crippen LogP contribution in [0.2, 0.25) is 0 Å². The molecule has 2 heterocycles. The van der Waals surface area contributed by atoms with Gasteiger partial charge in [0, 0.05) is 35.9 Å². The van der Waals surface area contributed by atoms with Crippen molar-refractivity contribution in [2.75, 3.05) is 25.9 Å². The average molecular weight is 751 g/mol. The molecule has 15 heteroatoms. The molecule has 0 radical (unpaired) electrons. The molecule has 12 nitrogen and oxygen atoms in total. The number of fused-ring (bicyclic) bond motifs is 1. The van der Waals surface area contributed by atoms with Gasteiger partial charge in [0.15, 0.2) is 5.76 Å². The summed E-state index contributed by atoms with van der Waals surface area (Å²) in [7, 11) is -3.85. The predicted octanol–water partition coefficient (Wildman–Crippen LogP) is 3.40. The summed E-state index contributed by atoms with van der Waals surface area (Å²) < 4.78 is 47.7. The monoisotopic (exact) mass is 749 g/mol. The highest BCUT2D eigenvalue weighted by Gasteiger charge is 2.31. The highest BCUT2D eigenvalue weighted by Crippen LogP contribution is 2.23. The van der Waals surface area contributed by atoms with Crippen molar-refractivity contribution in [3.8, 4) is 0 Å². The molecule has 1 aliphatic heterocycles. The van der Waals surface area contributed by atoms with Gasteiger partial charge in [-0.3, -0.25) is 19.2 Å². The fourth-order valence-corrected chi connectivity index (χ4v) is 6.59. The first-order chi connectivity index (χ1) is 22.8. The highest BCUT2D eigenvalue weighted by atomic mass is 79.9. The molecule has 2 aromatic carbocycles. The van der Waals surface area contributed by atoms with E-state index in [0.717, 1.165) is 35.4 Å². The average Bonchev–Trinajstić information content (AvgIpc) is 3.47. The van der Waals surface area contributed by atoms with Crippen LogP contribution < -0.4 is 20.7 Å². The van der Waals surface area contributed by atoms with Crippen LogP contribution in [-0.2, 0) is 30.8 Å². The van der Waals surface area contributed by atoms with Crippen LogP contribution in [-0.4, -0.2) is 81.0 Å². The maximum atomic E-state index is 14.6. The van der Waals surface area contributed by atoms with Crippen LogP contribution in [0.5, 0.6) is 0 Å². The van der Waals surface area contributed by atoms with E-state index < -0.39 is 51.7 Å². The third-order valence-corrected chi connectivity index (χ3v) is 9.20. The first-order valence-electron chi connectivity index (χ1n) is 15.9. The predicted molar refractivity (Wildman–Crippen MR) is 182 cm³/mol. The molecule has 4 amide bonds. The molecule has 0 aliphatic carbocycles. The number of hydrogen-bond acceptors (Lipinski definition) is 7. The second-order valence-electron chi connectivity index (χ2n) is 12.0. The SMILES string of the molecule is C[C@H](NC(=O)[C@H](Cc1ccccc1F)NC(=O)[C@H](CCCCNC(=O)c1cc2ccc(Br)cc2o1)NS(C)(=O)=O)C(=O)N1CCCCC1. The summed E-state index contributed by atoms with van der Waals surface area (Å²) in [5, 5.41) is 8.76. The Bertz CT molecular complexity index is 1730. The van der Waals surface area contributed by atoms with Crippen LogP contribution in [0.3, 0.4) is 0 Å². The summed E-state index contributed by atoms with van der Waals surface area (Å²) in [5.41, 5.74) is 0.716. The van der Waals surface area contributed by atoms with Gasteiger partial charge in [-0.05, 0) is 81.3 Å². The Labute approximate surface area is 287 Å². The van der Waals surface area contributed by atoms with Gasteiger partial charge in [0.2, 0.25) is 27.7 Å². The molecule has 4 N–H and O–H groups in total. The normalized spacial score (nSPS) is 15.4. The lowest BCUT2D eigenvalue weighted by atomic mass is 10.0. The Morgan fingerprint density at radius 1 is 0.958 bits per heavy atom. The van der Waals surface area contributed by atoms with Crippen molar-refractivity contribution in [3.05, 3.63) is 70.1 Å². The second kappa shape index (κ2) is 17.0. The molecule has 0 spiro atoms. The van der Waals surface area contributed by atoms with E-state index in [4.69, 9.17) is 4.42 Å². The number of nitrogens with zero attached hydrogens (tertiary/aromatic N) is 1. The van der Waals surface area contributed by atoms with E-state index >= 15 is 0 Å². The number of sulfonamides is 1. The summed E-state index contributed by atoms with van der Waals surface area (Å²) in [6, 6.07) is 9.39. The third-order valence-electron chi connectivity index (χ3n) is 8.00. The van der Waals surface area contributed by atoms with E-state index in [1.54, 1.807) is 30.0 Å². The largest absolute Gasteiger partial charge is 0.451 e. The van der Waals surface area contributed by atoms with E-state index in [9.17, 15) is 32.0 Å². The Morgan fingerprint density at radius 3 is 2.38 bits per heavy atom. The minimum Gasteiger partial charge on any atom is -0.451 e. The van der Waals surface area contributed by atoms with E-state index in [0.29, 0.717) is 31.5 Å². The zero-order valence-electron chi connectivity index (χ0n) is 26.9. The van der Waals surface area contributed by atoms with Gasteiger partial charge in [0.1, 0.15) is 29.5 Å². The topological polar surface area (TPSA) is 167 Å². The number of likely N-dealkylation sites (tertiary alicyclic amines) is 1. The summed E-state index contributed by atoms with van der Waals surface area (Å²) in [6.45, 7) is 2.97. The number of furan rings is 1. The van der Waals surface area contributed by atoms with Gasteiger partial charge in [-0.2, -0.15) is 0 Å².